The van der Waals surface area contributed by atoms with E-state index in [1.165, 1.54) is 83.6 Å². The minimum absolute atomic E-state index is 0.197. The number of nitrogens with zero attached hydrogens (tertiary/aromatic N) is 1. The van der Waals surface area contributed by atoms with Crippen LogP contribution in [0.1, 0.15) is 84.0 Å². The lowest BCUT2D eigenvalue weighted by Gasteiger charge is -2.14. The number of likely N-dealkylation sites (tertiary alicyclic amines) is 1. The predicted octanol–water partition coefficient (Wildman–Crippen LogP) is 3.66. The second-order valence-corrected chi connectivity index (χ2v) is 6.98. The van der Waals surface area contributed by atoms with Gasteiger partial charge in [-0.25, -0.2) is 0 Å². The van der Waals surface area contributed by atoms with E-state index in [9.17, 15) is 0 Å². The minimum Gasteiger partial charge on any atom is -0.325 e. The van der Waals surface area contributed by atoms with Crippen molar-refractivity contribution in [3.63, 3.8) is 0 Å². The number of nitrogens with two attached hydrogens (primary N) is 2. The summed E-state index contributed by atoms with van der Waals surface area (Å²) in [7, 11) is 0. The Morgan fingerprint density at radius 3 is 1.48 bits per heavy atom. The van der Waals surface area contributed by atoms with Gasteiger partial charge in [0.25, 0.3) is 0 Å². The van der Waals surface area contributed by atoms with E-state index in [4.69, 9.17) is 11.5 Å². The van der Waals surface area contributed by atoms with Gasteiger partial charge in [0.15, 0.2) is 0 Å². The van der Waals surface area contributed by atoms with Crippen molar-refractivity contribution in [2.24, 2.45) is 11.5 Å². The van der Waals surface area contributed by atoms with Crippen LogP contribution in [0.2, 0.25) is 0 Å². The molecule has 0 unspecified atom stereocenters. The van der Waals surface area contributed by atoms with Crippen LogP contribution in [0, 0.1) is 0 Å². The normalized spacial score (nSPS) is 23.0. The van der Waals surface area contributed by atoms with E-state index in [0.29, 0.717) is 0 Å². The first-order valence-corrected chi connectivity index (χ1v) is 9.47. The molecule has 1 aliphatic rings. The molecule has 3 heteroatoms. The molecule has 1 heterocycles. The zero-order chi connectivity index (χ0) is 15.3. The molecule has 0 aromatic rings. The molecule has 0 amide bonds. The van der Waals surface area contributed by atoms with Gasteiger partial charge in [-0.2, -0.15) is 0 Å². The lowest BCUT2D eigenvalue weighted by molar-refractivity contribution is 0.320. The third-order valence-corrected chi connectivity index (χ3v) is 4.82. The molecule has 1 fully saturated rings. The van der Waals surface area contributed by atoms with Crippen LogP contribution in [0.25, 0.3) is 0 Å². The van der Waals surface area contributed by atoms with Gasteiger partial charge < -0.3 is 16.4 Å². The van der Waals surface area contributed by atoms with Crippen LogP contribution in [0.4, 0.5) is 0 Å². The van der Waals surface area contributed by atoms with Gasteiger partial charge in [-0.15, -0.1) is 0 Å². The van der Waals surface area contributed by atoms with E-state index in [-0.39, 0.29) is 12.1 Å². The maximum atomic E-state index is 5.94. The van der Waals surface area contributed by atoms with Crippen molar-refractivity contribution in [1.29, 1.82) is 0 Å². The molecule has 0 aromatic heterocycles. The Hall–Kier alpha value is -0.120. The largest absolute Gasteiger partial charge is 0.325 e. The van der Waals surface area contributed by atoms with Gasteiger partial charge in [0, 0.05) is 25.2 Å². The van der Waals surface area contributed by atoms with Crippen molar-refractivity contribution in [3.05, 3.63) is 0 Å². The maximum absolute atomic E-state index is 5.94. The maximum Gasteiger partial charge on any atom is 0.0334 e. The summed E-state index contributed by atoms with van der Waals surface area (Å²) in [5.74, 6) is 0. The third kappa shape index (κ3) is 9.49. The molecule has 4 N–H and O–H groups in total. The van der Waals surface area contributed by atoms with E-state index in [2.05, 4.69) is 11.8 Å². The molecule has 0 bridgehead atoms. The van der Waals surface area contributed by atoms with Gasteiger partial charge in [0.05, 0.1) is 0 Å². The Morgan fingerprint density at radius 1 is 0.667 bits per heavy atom. The third-order valence-electron chi connectivity index (χ3n) is 4.82. The molecule has 21 heavy (non-hydrogen) atoms. The van der Waals surface area contributed by atoms with Crippen LogP contribution in [-0.2, 0) is 0 Å². The smallest absolute Gasteiger partial charge is 0.0334 e. The highest BCUT2D eigenvalue weighted by atomic mass is 15.2. The topological polar surface area (TPSA) is 55.3 Å². The van der Waals surface area contributed by atoms with Gasteiger partial charge in [-0.1, -0.05) is 77.6 Å². The van der Waals surface area contributed by atoms with E-state index in [1.54, 1.807) is 0 Å². The number of hydrogen-bond acceptors (Lipinski definition) is 3. The Kier molecular flexibility index (Phi) is 11.2. The Balaban J connectivity index is 1.75. The minimum atomic E-state index is 0.197. The molecule has 0 spiro atoms. The van der Waals surface area contributed by atoms with E-state index >= 15 is 0 Å². The standard InChI is InChI=1S/C18H39N3/c1-2-3-4-5-6-7-8-9-10-11-12-13-14-21-15-17(19)18(20)16-21/h17-18H,2-16,19-20H2,1H3/t17-,18-/m0/s1. The number of hydrogen-bond donors (Lipinski definition) is 2. The Labute approximate surface area is 132 Å². The molecule has 1 rings (SSSR count). The summed E-state index contributed by atoms with van der Waals surface area (Å²) in [5.41, 5.74) is 11.9. The van der Waals surface area contributed by atoms with Crippen molar-refractivity contribution < 1.29 is 0 Å². The first kappa shape index (κ1) is 18.9. The summed E-state index contributed by atoms with van der Waals surface area (Å²) in [4.78, 5) is 2.44. The second kappa shape index (κ2) is 12.4. The van der Waals surface area contributed by atoms with Crippen LogP contribution in [0.15, 0.2) is 0 Å². The summed E-state index contributed by atoms with van der Waals surface area (Å²) in [6.45, 7) is 5.48. The molecular formula is C18H39N3. The molecule has 2 atom stereocenters. The fourth-order valence-corrected chi connectivity index (χ4v) is 3.30. The van der Waals surface area contributed by atoms with Gasteiger partial charge in [0.1, 0.15) is 0 Å². The average molecular weight is 298 g/mol. The van der Waals surface area contributed by atoms with Crippen molar-refractivity contribution in [2.45, 2.75) is 96.1 Å². The van der Waals surface area contributed by atoms with E-state index < -0.39 is 0 Å². The fraction of sp³-hybridized carbons (Fsp3) is 1.00. The predicted molar refractivity (Wildman–Crippen MR) is 93.5 cm³/mol. The van der Waals surface area contributed by atoms with Crippen molar-refractivity contribution >= 4 is 0 Å². The van der Waals surface area contributed by atoms with Gasteiger partial charge in [-0.3, -0.25) is 0 Å². The number of rotatable bonds is 13. The molecule has 0 aliphatic carbocycles. The van der Waals surface area contributed by atoms with E-state index in [0.717, 1.165) is 13.1 Å². The molecule has 1 saturated heterocycles. The van der Waals surface area contributed by atoms with Crippen LogP contribution in [-0.4, -0.2) is 36.6 Å². The summed E-state index contributed by atoms with van der Waals surface area (Å²) < 4.78 is 0. The van der Waals surface area contributed by atoms with Crippen molar-refractivity contribution in [1.82, 2.24) is 4.90 Å². The molecule has 1 aliphatic heterocycles. The number of unbranched alkanes of at least 4 members (excludes halogenated alkanes) is 11. The molecule has 0 radical (unpaired) electrons. The molecule has 0 saturated carbocycles. The fourth-order valence-electron chi connectivity index (χ4n) is 3.30. The monoisotopic (exact) mass is 297 g/mol. The highest BCUT2D eigenvalue weighted by Crippen LogP contribution is 2.13. The zero-order valence-electron chi connectivity index (χ0n) is 14.4. The van der Waals surface area contributed by atoms with Crippen LogP contribution >= 0.6 is 0 Å². The van der Waals surface area contributed by atoms with Gasteiger partial charge >= 0.3 is 0 Å². The lowest BCUT2D eigenvalue weighted by atomic mass is 10.1. The van der Waals surface area contributed by atoms with Crippen LogP contribution in [0.5, 0.6) is 0 Å². The Morgan fingerprint density at radius 2 is 1.05 bits per heavy atom. The molecule has 0 aromatic carbocycles. The van der Waals surface area contributed by atoms with Crippen LogP contribution < -0.4 is 11.5 Å². The first-order chi connectivity index (χ1) is 10.2. The SMILES string of the molecule is CCCCCCCCCCCCCCN1C[C@H](N)[C@@H](N)C1. The summed E-state index contributed by atoms with van der Waals surface area (Å²) in [6, 6.07) is 0.393. The molecule has 3 nitrogen and oxygen atoms in total. The van der Waals surface area contributed by atoms with Crippen LogP contribution in [0.3, 0.4) is 0 Å². The summed E-state index contributed by atoms with van der Waals surface area (Å²) >= 11 is 0. The molecular weight excluding hydrogens is 258 g/mol. The van der Waals surface area contributed by atoms with Gasteiger partial charge in [-0.05, 0) is 13.0 Å². The quantitative estimate of drug-likeness (QED) is 0.510. The lowest BCUT2D eigenvalue weighted by Crippen LogP contribution is -2.39. The van der Waals surface area contributed by atoms with Crippen molar-refractivity contribution in [3.8, 4) is 0 Å². The summed E-state index contributed by atoms with van der Waals surface area (Å²) in [6.07, 6.45) is 17.0. The average Bonchev–Trinajstić information content (AvgIpc) is 2.79. The van der Waals surface area contributed by atoms with Gasteiger partial charge in [0.2, 0.25) is 0 Å². The first-order valence-electron chi connectivity index (χ1n) is 9.47. The molecule has 126 valence electrons. The Bertz CT molecular complexity index is 223. The van der Waals surface area contributed by atoms with Crippen molar-refractivity contribution in [2.75, 3.05) is 19.6 Å². The highest BCUT2D eigenvalue weighted by molar-refractivity contribution is 4.89. The second-order valence-electron chi connectivity index (χ2n) is 6.98. The zero-order valence-corrected chi connectivity index (χ0v) is 14.4. The highest BCUT2D eigenvalue weighted by Gasteiger charge is 2.26. The van der Waals surface area contributed by atoms with E-state index in [1.807, 2.05) is 0 Å². The summed E-state index contributed by atoms with van der Waals surface area (Å²) in [5, 5.41) is 0.